The summed E-state index contributed by atoms with van der Waals surface area (Å²) < 4.78 is 21.2. The summed E-state index contributed by atoms with van der Waals surface area (Å²) in [6.07, 6.45) is 3.50. The van der Waals surface area contributed by atoms with Crippen LogP contribution in [0.1, 0.15) is 68.7 Å². The zero-order valence-electron chi connectivity index (χ0n) is 27.9. The second kappa shape index (κ2) is 12.0. The third-order valence-corrected chi connectivity index (χ3v) is 11.8. The Bertz CT molecular complexity index is 1620. The molecule has 1 saturated carbocycles. The van der Waals surface area contributed by atoms with E-state index < -0.39 is 22.2 Å². The van der Waals surface area contributed by atoms with Crippen LogP contribution in [0.5, 0.6) is 0 Å². The van der Waals surface area contributed by atoms with Crippen LogP contribution in [0, 0.1) is 16.7 Å². The van der Waals surface area contributed by atoms with Gasteiger partial charge in [-0.05, 0) is 47.1 Å². The van der Waals surface area contributed by atoms with Gasteiger partial charge in [0, 0.05) is 16.7 Å². The summed E-state index contributed by atoms with van der Waals surface area (Å²) >= 11 is 0. The summed E-state index contributed by atoms with van der Waals surface area (Å²) in [6.45, 7) is 12.2. The van der Waals surface area contributed by atoms with Gasteiger partial charge in [0.05, 0.1) is 19.8 Å². The van der Waals surface area contributed by atoms with Crippen molar-refractivity contribution < 1.29 is 19.0 Å². The van der Waals surface area contributed by atoms with Gasteiger partial charge in [-0.25, -0.2) is 0 Å². The Balaban J connectivity index is 1.28. The normalized spacial score (nSPS) is 28.2. The molecule has 3 aliphatic rings. The van der Waals surface area contributed by atoms with Crippen LogP contribution in [0.15, 0.2) is 133 Å². The molecule has 47 heavy (non-hydrogen) atoms. The van der Waals surface area contributed by atoms with E-state index in [1.54, 1.807) is 0 Å². The van der Waals surface area contributed by atoms with Gasteiger partial charge < -0.3 is 14.2 Å². The maximum atomic E-state index is 14.8. The van der Waals surface area contributed by atoms with Crippen LogP contribution in [0.2, 0.25) is 0 Å². The number of rotatable bonds is 10. The number of hydrogen-bond donors (Lipinski definition) is 0. The molecular weight excluding hydrogens is 580 g/mol. The minimum absolute atomic E-state index is 0.0409. The van der Waals surface area contributed by atoms with Gasteiger partial charge in [-0.2, -0.15) is 0 Å². The molecule has 0 aromatic heterocycles. The molecule has 0 N–H and O–H groups in total. The van der Waals surface area contributed by atoms with Crippen molar-refractivity contribution in [2.45, 2.75) is 69.9 Å². The molecule has 242 valence electrons. The number of ether oxygens (including phenoxy) is 3. The Kier molecular flexibility index (Phi) is 8.11. The SMILES string of the molecule is C=C1C(=O)[C@@]23O[C@](COCc4ccccc4)(C[C@]2(C)CCC[C@@H]3COC(c2ccccc2)(c2ccccc2)c2ccccc2)C1(C)C. The van der Waals surface area contributed by atoms with Crippen molar-refractivity contribution in [1.82, 2.24) is 0 Å². The standard InChI is InChI=1S/C43H46O4/c1-32-38(44)43-37(26-17-27-40(43,4)30-41(47-43,39(32,2)3)31-45-28-33-18-9-5-10-19-33)29-46-42(34-20-11-6-12-21-34,35-22-13-7-14-23-35)36-24-15-8-16-25-36/h5-16,18-25,37H,1,17,26-31H2,2-4H3/t37-,40+,41+,43-/m1/s1. The first-order chi connectivity index (χ1) is 22.7. The highest BCUT2D eigenvalue weighted by molar-refractivity contribution is 6.05. The van der Waals surface area contributed by atoms with Crippen LogP contribution in [-0.2, 0) is 31.2 Å². The first-order valence-electron chi connectivity index (χ1n) is 17.1. The van der Waals surface area contributed by atoms with E-state index in [0.29, 0.717) is 25.4 Å². The zero-order chi connectivity index (χ0) is 32.8. The predicted octanol–water partition coefficient (Wildman–Crippen LogP) is 9.08. The Morgan fingerprint density at radius 2 is 1.30 bits per heavy atom. The lowest BCUT2D eigenvalue weighted by molar-refractivity contribution is -0.233. The molecule has 4 aromatic rings. The molecule has 3 fully saturated rings. The highest BCUT2D eigenvalue weighted by atomic mass is 16.6. The number of carbonyl (C=O) groups is 1. The fraction of sp³-hybridized carbons (Fsp3) is 0.372. The van der Waals surface area contributed by atoms with E-state index in [9.17, 15) is 4.79 Å². The summed E-state index contributed by atoms with van der Waals surface area (Å²) in [5.74, 6) is -0.118. The van der Waals surface area contributed by atoms with Crippen molar-refractivity contribution in [3.05, 3.63) is 156 Å². The summed E-state index contributed by atoms with van der Waals surface area (Å²) in [7, 11) is 0. The molecular formula is C43H46O4. The van der Waals surface area contributed by atoms with E-state index in [4.69, 9.17) is 14.2 Å². The van der Waals surface area contributed by atoms with Crippen LogP contribution >= 0.6 is 0 Å². The maximum Gasteiger partial charge on any atom is 0.191 e. The first kappa shape index (κ1) is 31.8. The van der Waals surface area contributed by atoms with E-state index >= 15 is 0 Å². The second-order valence-electron chi connectivity index (χ2n) is 14.7. The Morgan fingerprint density at radius 3 is 1.83 bits per heavy atom. The van der Waals surface area contributed by atoms with Crippen molar-refractivity contribution >= 4 is 5.78 Å². The Morgan fingerprint density at radius 1 is 0.787 bits per heavy atom. The topological polar surface area (TPSA) is 44.8 Å². The van der Waals surface area contributed by atoms with Crippen molar-refractivity contribution in [2.24, 2.45) is 16.7 Å². The highest BCUT2D eigenvalue weighted by Gasteiger charge is 2.77. The summed E-state index contributed by atoms with van der Waals surface area (Å²) in [6, 6.07) is 41.6. The van der Waals surface area contributed by atoms with Gasteiger partial charge in [0.1, 0.15) is 16.8 Å². The lowest BCUT2D eigenvalue weighted by Crippen LogP contribution is -2.65. The maximum absolute atomic E-state index is 14.8. The lowest BCUT2D eigenvalue weighted by atomic mass is 9.57. The third-order valence-electron chi connectivity index (χ3n) is 11.8. The average Bonchev–Trinajstić information content (AvgIpc) is 3.39. The highest BCUT2D eigenvalue weighted by Crippen LogP contribution is 2.69. The molecule has 2 aliphatic heterocycles. The van der Waals surface area contributed by atoms with Gasteiger partial charge in [-0.1, -0.05) is 155 Å². The van der Waals surface area contributed by atoms with E-state index in [-0.39, 0.29) is 17.1 Å². The number of Topliss-reactive ketones (excluding diaryl/α,β-unsaturated/α-hetero) is 1. The molecule has 4 aromatic carbocycles. The molecule has 4 heteroatoms. The molecule has 4 nitrogen and oxygen atoms in total. The predicted molar refractivity (Wildman–Crippen MR) is 186 cm³/mol. The number of hydrogen-bond acceptors (Lipinski definition) is 4. The largest absolute Gasteiger partial charge is 0.374 e. The Labute approximate surface area is 279 Å². The summed E-state index contributed by atoms with van der Waals surface area (Å²) in [4.78, 5) is 14.8. The number of fused-ring (bicyclic) bond motifs is 1. The van der Waals surface area contributed by atoms with Crippen LogP contribution in [0.4, 0.5) is 0 Å². The van der Waals surface area contributed by atoms with Gasteiger partial charge >= 0.3 is 0 Å². The molecule has 0 radical (unpaired) electrons. The third kappa shape index (κ3) is 4.87. The molecule has 2 heterocycles. The van der Waals surface area contributed by atoms with Crippen LogP contribution in [0.25, 0.3) is 0 Å². The van der Waals surface area contributed by atoms with Crippen molar-refractivity contribution in [3.63, 3.8) is 0 Å². The van der Waals surface area contributed by atoms with Crippen molar-refractivity contribution in [3.8, 4) is 0 Å². The van der Waals surface area contributed by atoms with Gasteiger partial charge in [-0.15, -0.1) is 0 Å². The molecule has 4 atom stereocenters. The fourth-order valence-electron chi connectivity index (χ4n) is 9.02. The quantitative estimate of drug-likeness (QED) is 0.130. The summed E-state index contributed by atoms with van der Waals surface area (Å²) in [5, 5.41) is 0. The molecule has 0 unspecified atom stereocenters. The number of ketones is 1. The molecule has 1 aliphatic carbocycles. The fourth-order valence-corrected chi connectivity index (χ4v) is 9.02. The van der Waals surface area contributed by atoms with Crippen LogP contribution < -0.4 is 0 Å². The zero-order valence-corrected chi connectivity index (χ0v) is 27.9. The van der Waals surface area contributed by atoms with E-state index in [1.807, 2.05) is 36.4 Å². The van der Waals surface area contributed by atoms with Crippen molar-refractivity contribution in [1.29, 1.82) is 0 Å². The molecule has 0 amide bonds. The first-order valence-corrected chi connectivity index (χ1v) is 17.1. The monoisotopic (exact) mass is 626 g/mol. The average molecular weight is 627 g/mol. The minimum Gasteiger partial charge on any atom is -0.374 e. The van der Waals surface area contributed by atoms with Crippen LogP contribution in [0.3, 0.4) is 0 Å². The molecule has 2 bridgehead atoms. The van der Waals surface area contributed by atoms with E-state index in [2.05, 4.69) is 112 Å². The van der Waals surface area contributed by atoms with Gasteiger partial charge in [-0.3, -0.25) is 4.79 Å². The number of benzene rings is 4. The Hall–Kier alpha value is -3.83. The second-order valence-corrected chi connectivity index (χ2v) is 14.7. The molecule has 7 rings (SSSR count). The molecule has 2 saturated heterocycles. The van der Waals surface area contributed by atoms with Crippen molar-refractivity contribution in [2.75, 3.05) is 13.2 Å². The number of carbonyl (C=O) groups excluding carboxylic acids is 1. The smallest absolute Gasteiger partial charge is 0.191 e. The van der Waals surface area contributed by atoms with Gasteiger partial charge in [0.25, 0.3) is 0 Å². The van der Waals surface area contributed by atoms with E-state index in [1.165, 1.54) is 0 Å². The minimum atomic E-state index is -1.04. The van der Waals surface area contributed by atoms with E-state index in [0.717, 1.165) is 47.9 Å². The van der Waals surface area contributed by atoms with Gasteiger partial charge in [0.2, 0.25) is 0 Å². The van der Waals surface area contributed by atoms with Crippen LogP contribution in [-0.4, -0.2) is 30.2 Å². The summed E-state index contributed by atoms with van der Waals surface area (Å²) in [5.41, 5.74) is 1.34. The molecule has 1 spiro atoms. The van der Waals surface area contributed by atoms with Gasteiger partial charge in [0.15, 0.2) is 5.78 Å². The lowest BCUT2D eigenvalue weighted by Gasteiger charge is -2.55.